The van der Waals surface area contributed by atoms with Crippen molar-refractivity contribution in [2.45, 2.75) is 52.5 Å². The van der Waals surface area contributed by atoms with Crippen LogP contribution < -0.4 is 9.47 Å². The Hall–Kier alpha value is -2.57. The van der Waals surface area contributed by atoms with Crippen LogP contribution in [-0.4, -0.2) is 34.3 Å². The van der Waals surface area contributed by atoms with Crippen molar-refractivity contribution < 1.29 is 18.8 Å². The zero-order valence-corrected chi connectivity index (χ0v) is 16.0. The number of ether oxygens (including phenoxy) is 2. The fourth-order valence-electron chi connectivity index (χ4n) is 3.76. The van der Waals surface area contributed by atoms with Crippen molar-refractivity contribution in [3.8, 4) is 11.5 Å². The number of amides is 1. The molecular weight excluding hydrogens is 346 g/mol. The van der Waals surface area contributed by atoms with Crippen LogP contribution in [0, 0.1) is 5.41 Å². The van der Waals surface area contributed by atoms with Gasteiger partial charge in [0.1, 0.15) is 0 Å². The number of carbonyl (C=O) groups is 1. The lowest BCUT2D eigenvalue weighted by atomic mass is 9.76. The first-order valence-electron chi connectivity index (χ1n) is 9.41. The molecule has 1 aromatic carbocycles. The second-order valence-corrected chi connectivity index (χ2v) is 8.13. The molecule has 0 saturated carbocycles. The molecule has 3 heterocycles. The fourth-order valence-corrected chi connectivity index (χ4v) is 3.76. The standard InChI is InChI=1S/C20H25N3O4/c1-13(2)19-21-17(27-22-19)10-23-11-20(3,7-6-18(23)24)9-14-4-5-15-16(8-14)26-12-25-15/h4-5,8,13H,6-7,9-12H2,1-3H3/t20-/m1/s1. The van der Waals surface area contributed by atoms with Gasteiger partial charge in [-0.05, 0) is 36.0 Å². The van der Waals surface area contributed by atoms with Gasteiger partial charge in [0.15, 0.2) is 17.3 Å². The normalized spacial score (nSPS) is 21.9. The van der Waals surface area contributed by atoms with E-state index in [0.29, 0.717) is 31.2 Å². The van der Waals surface area contributed by atoms with Crippen molar-refractivity contribution in [1.82, 2.24) is 15.0 Å². The Morgan fingerprint density at radius 3 is 2.85 bits per heavy atom. The van der Waals surface area contributed by atoms with Gasteiger partial charge in [0.2, 0.25) is 18.6 Å². The fraction of sp³-hybridized carbons (Fsp3) is 0.550. The summed E-state index contributed by atoms with van der Waals surface area (Å²) in [6, 6.07) is 6.08. The maximum atomic E-state index is 12.4. The highest BCUT2D eigenvalue weighted by atomic mass is 16.7. The Morgan fingerprint density at radius 2 is 2.07 bits per heavy atom. The molecule has 1 amide bonds. The lowest BCUT2D eigenvalue weighted by Crippen LogP contribution is -2.45. The molecule has 2 aromatic rings. The first kappa shape index (κ1) is 17.8. The summed E-state index contributed by atoms with van der Waals surface area (Å²) >= 11 is 0. The van der Waals surface area contributed by atoms with Crippen LogP contribution in [0.3, 0.4) is 0 Å². The summed E-state index contributed by atoms with van der Waals surface area (Å²) in [6.07, 6.45) is 2.26. The van der Waals surface area contributed by atoms with Gasteiger partial charge in [-0.25, -0.2) is 0 Å². The molecule has 0 aliphatic carbocycles. The van der Waals surface area contributed by atoms with Crippen LogP contribution in [0.25, 0.3) is 0 Å². The van der Waals surface area contributed by atoms with Gasteiger partial charge in [-0.1, -0.05) is 32.0 Å². The minimum Gasteiger partial charge on any atom is -0.454 e. The second kappa shape index (κ2) is 6.87. The molecule has 0 spiro atoms. The molecule has 7 nitrogen and oxygen atoms in total. The SMILES string of the molecule is CC(C)c1noc(CN2C[C@@](C)(Cc3ccc4c(c3)OCO4)CCC2=O)n1. The lowest BCUT2D eigenvalue weighted by molar-refractivity contribution is -0.138. The smallest absolute Gasteiger partial charge is 0.246 e. The van der Waals surface area contributed by atoms with Gasteiger partial charge in [0.25, 0.3) is 0 Å². The third-order valence-corrected chi connectivity index (χ3v) is 5.26. The highest BCUT2D eigenvalue weighted by Crippen LogP contribution is 2.38. The molecule has 0 radical (unpaired) electrons. The number of benzene rings is 1. The first-order valence-corrected chi connectivity index (χ1v) is 9.41. The molecule has 4 rings (SSSR count). The van der Waals surface area contributed by atoms with Crippen molar-refractivity contribution >= 4 is 5.91 Å². The van der Waals surface area contributed by atoms with Gasteiger partial charge in [-0.3, -0.25) is 4.79 Å². The van der Waals surface area contributed by atoms with Crippen molar-refractivity contribution in [3.05, 3.63) is 35.5 Å². The van der Waals surface area contributed by atoms with E-state index in [2.05, 4.69) is 23.1 Å². The number of hydrogen-bond acceptors (Lipinski definition) is 6. The number of rotatable bonds is 5. The third-order valence-electron chi connectivity index (χ3n) is 5.26. The van der Waals surface area contributed by atoms with Gasteiger partial charge in [-0.15, -0.1) is 0 Å². The second-order valence-electron chi connectivity index (χ2n) is 8.13. The quantitative estimate of drug-likeness (QED) is 0.803. The number of piperidine rings is 1. The van der Waals surface area contributed by atoms with E-state index >= 15 is 0 Å². The first-order chi connectivity index (χ1) is 12.9. The molecule has 1 atom stereocenters. The molecule has 1 aromatic heterocycles. The van der Waals surface area contributed by atoms with E-state index in [1.165, 1.54) is 5.56 Å². The lowest BCUT2D eigenvalue weighted by Gasteiger charge is -2.40. The van der Waals surface area contributed by atoms with Crippen molar-refractivity contribution in [2.24, 2.45) is 5.41 Å². The topological polar surface area (TPSA) is 77.7 Å². The van der Waals surface area contributed by atoms with Crippen molar-refractivity contribution in [1.29, 1.82) is 0 Å². The molecule has 27 heavy (non-hydrogen) atoms. The molecule has 7 heteroatoms. The predicted molar refractivity (Wildman–Crippen MR) is 97.4 cm³/mol. The molecule has 0 bridgehead atoms. The van der Waals surface area contributed by atoms with Crippen molar-refractivity contribution in [2.75, 3.05) is 13.3 Å². The number of carbonyl (C=O) groups excluding carboxylic acids is 1. The van der Waals surface area contributed by atoms with Gasteiger partial charge >= 0.3 is 0 Å². The summed E-state index contributed by atoms with van der Waals surface area (Å²) in [7, 11) is 0. The van der Waals surface area contributed by atoms with Crippen LogP contribution in [0.1, 0.15) is 56.8 Å². The molecular formula is C20H25N3O4. The van der Waals surface area contributed by atoms with E-state index in [1.54, 1.807) is 0 Å². The van der Waals surface area contributed by atoms with E-state index in [-0.39, 0.29) is 24.0 Å². The highest BCUT2D eigenvalue weighted by Gasteiger charge is 2.36. The maximum absolute atomic E-state index is 12.4. The zero-order valence-electron chi connectivity index (χ0n) is 16.0. The van der Waals surface area contributed by atoms with E-state index < -0.39 is 0 Å². The Kier molecular flexibility index (Phi) is 4.53. The maximum Gasteiger partial charge on any atom is 0.246 e. The average molecular weight is 371 g/mol. The Balaban J connectivity index is 1.46. The largest absolute Gasteiger partial charge is 0.454 e. The van der Waals surface area contributed by atoms with E-state index in [4.69, 9.17) is 14.0 Å². The summed E-state index contributed by atoms with van der Waals surface area (Å²) < 4.78 is 16.2. The van der Waals surface area contributed by atoms with Crippen LogP contribution in [0.5, 0.6) is 11.5 Å². The minimum atomic E-state index is -0.0114. The third kappa shape index (κ3) is 3.77. The van der Waals surface area contributed by atoms with Crippen LogP contribution in [0.2, 0.25) is 0 Å². The van der Waals surface area contributed by atoms with Crippen LogP contribution in [-0.2, 0) is 17.8 Å². The Labute approximate surface area is 158 Å². The van der Waals surface area contributed by atoms with Crippen LogP contribution in [0.4, 0.5) is 0 Å². The minimum absolute atomic E-state index is 0.0114. The van der Waals surface area contributed by atoms with E-state index in [1.807, 2.05) is 30.9 Å². The molecule has 1 fully saturated rings. The zero-order chi connectivity index (χ0) is 19.0. The van der Waals surface area contributed by atoms with E-state index in [9.17, 15) is 4.79 Å². The Morgan fingerprint density at radius 1 is 1.26 bits per heavy atom. The summed E-state index contributed by atoms with van der Waals surface area (Å²) in [6.45, 7) is 7.58. The number of nitrogens with zero attached hydrogens (tertiary/aromatic N) is 3. The summed E-state index contributed by atoms with van der Waals surface area (Å²) in [5.41, 5.74) is 1.18. The Bertz CT molecular complexity index is 848. The monoisotopic (exact) mass is 371 g/mol. The van der Waals surface area contributed by atoms with Crippen molar-refractivity contribution in [3.63, 3.8) is 0 Å². The number of likely N-dealkylation sites (tertiary alicyclic amines) is 1. The van der Waals surface area contributed by atoms with Gasteiger partial charge in [-0.2, -0.15) is 4.98 Å². The molecule has 2 aliphatic rings. The molecule has 2 aliphatic heterocycles. The van der Waals surface area contributed by atoms with Crippen LogP contribution in [0.15, 0.2) is 22.7 Å². The van der Waals surface area contributed by atoms with Crippen LogP contribution >= 0.6 is 0 Å². The molecule has 1 saturated heterocycles. The number of aromatic nitrogens is 2. The molecule has 0 unspecified atom stereocenters. The summed E-state index contributed by atoms with van der Waals surface area (Å²) in [4.78, 5) is 18.7. The van der Waals surface area contributed by atoms with Gasteiger partial charge < -0.3 is 18.9 Å². The molecule has 0 N–H and O–H groups in total. The highest BCUT2D eigenvalue weighted by molar-refractivity contribution is 5.77. The molecule has 144 valence electrons. The number of hydrogen-bond donors (Lipinski definition) is 0. The van der Waals surface area contributed by atoms with Gasteiger partial charge in [0.05, 0.1) is 6.54 Å². The average Bonchev–Trinajstić information content (AvgIpc) is 3.27. The number of fused-ring (bicyclic) bond motifs is 1. The van der Waals surface area contributed by atoms with Gasteiger partial charge in [0, 0.05) is 18.9 Å². The summed E-state index contributed by atoms with van der Waals surface area (Å²) in [5, 5.41) is 3.99. The van der Waals surface area contributed by atoms with E-state index in [0.717, 1.165) is 24.3 Å². The summed E-state index contributed by atoms with van der Waals surface area (Å²) in [5.74, 6) is 3.11. The predicted octanol–water partition coefficient (Wildman–Crippen LogP) is 3.29.